The van der Waals surface area contributed by atoms with Crippen LogP contribution in [0.3, 0.4) is 0 Å². The number of hydrogen-bond donors (Lipinski definition) is 0. The minimum atomic E-state index is -0.0463. The zero-order valence-electron chi connectivity index (χ0n) is 17.2. The van der Waals surface area contributed by atoms with Crippen LogP contribution in [0.4, 0.5) is 0 Å². The molecule has 0 saturated heterocycles. The molecule has 3 aromatic rings. The molecule has 0 aromatic heterocycles. The Bertz CT molecular complexity index is 1060. The molecule has 3 rings (SSSR count). The lowest BCUT2D eigenvalue weighted by molar-refractivity contribution is 1.27. The first-order valence-electron chi connectivity index (χ1n) is 9.30. The van der Waals surface area contributed by atoms with E-state index in [1.165, 1.54) is 38.9 Å². The molecule has 0 amide bonds. The van der Waals surface area contributed by atoms with E-state index in [4.69, 9.17) is 10.5 Å². The monoisotopic (exact) mass is 376 g/mol. The Labute approximate surface area is 173 Å². The molecule has 0 N–H and O–H groups in total. The Kier molecular flexibility index (Phi) is 7.30. The van der Waals surface area contributed by atoms with Crippen LogP contribution in [-0.2, 0) is 0 Å². The van der Waals surface area contributed by atoms with Crippen LogP contribution in [0.15, 0.2) is 79.4 Å². The van der Waals surface area contributed by atoms with Crippen molar-refractivity contribution in [2.75, 3.05) is 0 Å². The molecular formula is C27H24N2. The normalized spacial score (nSPS) is 9.41. The average molecular weight is 377 g/mol. The van der Waals surface area contributed by atoms with Crippen molar-refractivity contribution in [2.45, 2.75) is 20.8 Å². The molecule has 0 spiro atoms. The van der Waals surface area contributed by atoms with Crippen LogP contribution < -0.4 is 0 Å². The Morgan fingerprint density at radius 2 is 1.10 bits per heavy atom. The van der Waals surface area contributed by atoms with Crippen LogP contribution in [0, 0.1) is 43.4 Å². The lowest BCUT2D eigenvalue weighted by Gasteiger charge is -2.10. The van der Waals surface area contributed by atoms with Crippen molar-refractivity contribution >= 4 is 6.08 Å². The van der Waals surface area contributed by atoms with Gasteiger partial charge in [0.05, 0.1) is 0 Å². The second kappa shape index (κ2) is 9.88. The summed E-state index contributed by atoms with van der Waals surface area (Å²) in [5.41, 5.74) is 10.2. The molecule has 0 unspecified atom stereocenters. The molecule has 0 bridgehead atoms. The largest absolute Gasteiger partial charge is 0.192 e. The lowest BCUT2D eigenvalue weighted by Crippen LogP contribution is -1.89. The summed E-state index contributed by atoms with van der Waals surface area (Å²) < 4.78 is 0. The highest BCUT2D eigenvalue weighted by molar-refractivity contribution is 5.72. The van der Waals surface area contributed by atoms with Gasteiger partial charge in [-0.2, -0.15) is 10.5 Å². The number of aryl methyl sites for hydroxylation is 2. The fourth-order valence-electron chi connectivity index (χ4n) is 2.89. The summed E-state index contributed by atoms with van der Waals surface area (Å²) in [7, 11) is 0. The summed E-state index contributed by atoms with van der Waals surface area (Å²) in [6, 6.07) is 25.0. The quantitative estimate of drug-likeness (QED) is 0.455. The molecule has 0 heterocycles. The second-order valence-electron chi connectivity index (χ2n) is 6.84. The summed E-state index contributed by atoms with van der Waals surface area (Å²) in [5, 5.41) is 15.5. The van der Waals surface area contributed by atoms with Gasteiger partial charge in [-0.3, -0.25) is 0 Å². The Morgan fingerprint density at radius 3 is 1.45 bits per heavy atom. The maximum Gasteiger partial charge on any atom is 0.122 e. The summed E-state index contributed by atoms with van der Waals surface area (Å²) in [6.45, 7) is 13.4. The zero-order chi connectivity index (χ0) is 21.4. The number of benzene rings is 3. The van der Waals surface area contributed by atoms with Gasteiger partial charge in [-0.05, 0) is 65.3 Å². The van der Waals surface area contributed by atoms with E-state index in [1.54, 1.807) is 12.1 Å². The minimum absolute atomic E-state index is 0.0463. The van der Waals surface area contributed by atoms with E-state index >= 15 is 0 Å². The van der Waals surface area contributed by atoms with Crippen LogP contribution in [0.2, 0.25) is 0 Å². The van der Waals surface area contributed by atoms with Crippen molar-refractivity contribution < 1.29 is 0 Å². The zero-order valence-corrected chi connectivity index (χ0v) is 17.2. The van der Waals surface area contributed by atoms with Gasteiger partial charge in [0.1, 0.15) is 17.7 Å². The van der Waals surface area contributed by atoms with E-state index < -0.39 is 0 Å². The molecule has 142 valence electrons. The van der Waals surface area contributed by atoms with Gasteiger partial charge < -0.3 is 0 Å². The summed E-state index contributed by atoms with van der Waals surface area (Å²) in [4.78, 5) is 0. The molecule has 2 nitrogen and oxygen atoms in total. The van der Waals surface area contributed by atoms with Crippen LogP contribution in [0.25, 0.3) is 28.3 Å². The van der Waals surface area contributed by atoms with Crippen molar-refractivity contribution in [3.63, 3.8) is 0 Å². The standard InChI is InChI=1S/C23H22.C4H2N2/c1-5-19-6-8-20(9-7-19)21-10-12-22(13-11-21)23-14-16(2)18(4)17(3)15-23;1-4(2-5)3-6/h5-15H,1H2,2-4H3;1H2. The Hall–Kier alpha value is -3.88. The van der Waals surface area contributed by atoms with Gasteiger partial charge in [-0.25, -0.2) is 0 Å². The topological polar surface area (TPSA) is 47.6 Å². The molecule has 0 radical (unpaired) electrons. The predicted octanol–water partition coefficient (Wildman–Crippen LogP) is 7.18. The number of allylic oxidation sites excluding steroid dienone is 1. The van der Waals surface area contributed by atoms with Crippen molar-refractivity contribution in [2.24, 2.45) is 0 Å². The SMILES string of the molecule is C=C(C#N)C#N.C=Cc1ccc(-c2ccc(-c3cc(C)c(C)c(C)c3)cc2)cc1. The Balaban J connectivity index is 0.000000438. The number of rotatable bonds is 3. The summed E-state index contributed by atoms with van der Waals surface area (Å²) in [6.07, 6.45) is 1.87. The maximum absolute atomic E-state index is 7.76. The molecule has 0 aliphatic heterocycles. The van der Waals surface area contributed by atoms with E-state index in [-0.39, 0.29) is 5.57 Å². The summed E-state index contributed by atoms with van der Waals surface area (Å²) >= 11 is 0. The van der Waals surface area contributed by atoms with E-state index in [9.17, 15) is 0 Å². The third-order valence-corrected chi connectivity index (χ3v) is 4.89. The molecule has 0 aliphatic carbocycles. The summed E-state index contributed by atoms with van der Waals surface area (Å²) in [5.74, 6) is 0. The second-order valence-corrected chi connectivity index (χ2v) is 6.84. The van der Waals surface area contributed by atoms with Crippen LogP contribution in [0.5, 0.6) is 0 Å². The minimum Gasteiger partial charge on any atom is -0.192 e. The molecule has 0 aliphatic rings. The lowest BCUT2D eigenvalue weighted by atomic mass is 9.95. The van der Waals surface area contributed by atoms with Crippen LogP contribution in [0.1, 0.15) is 22.3 Å². The van der Waals surface area contributed by atoms with Gasteiger partial charge in [0.15, 0.2) is 0 Å². The third kappa shape index (κ3) is 5.55. The highest BCUT2D eigenvalue weighted by Crippen LogP contribution is 2.28. The highest BCUT2D eigenvalue weighted by atomic mass is 14.3. The fourth-order valence-corrected chi connectivity index (χ4v) is 2.89. The van der Waals surface area contributed by atoms with Crippen LogP contribution in [-0.4, -0.2) is 0 Å². The van der Waals surface area contributed by atoms with Crippen LogP contribution >= 0.6 is 0 Å². The average Bonchev–Trinajstić information content (AvgIpc) is 2.77. The van der Waals surface area contributed by atoms with Gasteiger partial charge >= 0.3 is 0 Å². The smallest absolute Gasteiger partial charge is 0.122 e. The van der Waals surface area contributed by atoms with Crippen molar-refractivity contribution in [1.82, 2.24) is 0 Å². The van der Waals surface area contributed by atoms with Gasteiger partial charge in [0.2, 0.25) is 0 Å². The van der Waals surface area contributed by atoms with E-state index in [0.29, 0.717) is 0 Å². The first-order chi connectivity index (χ1) is 13.9. The molecule has 0 fully saturated rings. The molecule has 3 aromatic carbocycles. The third-order valence-electron chi connectivity index (χ3n) is 4.89. The highest BCUT2D eigenvalue weighted by Gasteiger charge is 2.04. The predicted molar refractivity (Wildman–Crippen MR) is 122 cm³/mol. The molecular weight excluding hydrogens is 352 g/mol. The molecule has 29 heavy (non-hydrogen) atoms. The molecule has 2 heteroatoms. The van der Waals surface area contributed by atoms with Gasteiger partial charge in [-0.15, -0.1) is 0 Å². The molecule has 0 saturated carbocycles. The van der Waals surface area contributed by atoms with Gasteiger partial charge in [-0.1, -0.05) is 79.9 Å². The fraction of sp³-hybridized carbons (Fsp3) is 0.111. The van der Waals surface area contributed by atoms with Crippen molar-refractivity contribution in [1.29, 1.82) is 10.5 Å². The van der Waals surface area contributed by atoms with Crippen molar-refractivity contribution in [3.8, 4) is 34.4 Å². The first kappa shape index (κ1) is 21.4. The maximum atomic E-state index is 7.76. The molecule has 0 atom stereocenters. The number of nitriles is 2. The van der Waals surface area contributed by atoms with E-state index in [0.717, 1.165) is 5.56 Å². The van der Waals surface area contributed by atoms with Crippen molar-refractivity contribution in [3.05, 3.63) is 102 Å². The first-order valence-corrected chi connectivity index (χ1v) is 9.30. The Morgan fingerprint density at radius 1 is 0.724 bits per heavy atom. The number of hydrogen-bond acceptors (Lipinski definition) is 2. The van der Waals surface area contributed by atoms with Gasteiger partial charge in [0.25, 0.3) is 0 Å². The van der Waals surface area contributed by atoms with E-state index in [2.05, 4.69) is 94.6 Å². The number of nitrogens with zero attached hydrogens (tertiary/aromatic N) is 2. The van der Waals surface area contributed by atoms with Gasteiger partial charge in [0, 0.05) is 0 Å². The van der Waals surface area contributed by atoms with E-state index in [1.807, 2.05) is 6.08 Å².